The summed E-state index contributed by atoms with van der Waals surface area (Å²) in [5, 5.41) is 5.53. The quantitative estimate of drug-likeness (QED) is 0.171. The van der Waals surface area contributed by atoms with E-state index in [4.69, 9.17) is 0 Å². The average molecular weight is 952 g/mol. The lowest BCUT2D eigenvalue weighted by molar-refractivity contribution is 0.589. The van der Waals surface area contributed by atoms with Gasteiger partial charge in [-0.25, -0.2) is 0 Å². The Morgan fingerprint density at radius 3 is 1.11 bits per heavy atom. The maximum absolute atomic E-state index is 2.40. The number of para-hydroxylation sites is 1. The lowest BCUT2D eigenvalue weighted by Crippen LogP contribution is -2.16. The maximum Gasteiger partial charge on any atom is 0.0520 e. The van der Waals surface area contributed by atoms with E-state index in [-0.39, 0.29) is 46.0 Å². The fourth-order valence-corrected chi connectivity index (χ4v) is 11.2. The van der Waals surface area contributed by atoms with Crippen LogP contribution in [0, 0.1) is 48.5 Å². The van der Waals surface area contributed by atoms with Crippen molar-refractivity contribution < 1.29 is 0 Å². The van der Waals surface area contributed by atoms with Crippen molar-refractivity contribution in [3.05, 3.63) is 231 Å². The summed E-state index contributed by atoms with van der Waals surface area (Å²) in [5.74, 6) is 0. The van der Waals surface area contributed by atoms with E-state index in [0.717, 1.165) is 0 Å². The van der Waals surface area contributed by atoms with Gasteiger partial charge in [-0.3, -0.25) is 0 Å². The Morgan fingerprint density at radius 1 is 0.347 bits per heavy atom. The fraction of sp³-hybridized carbons (Fsp3) is 0.296. The summed E-state index contributed by atoms with van der Waals surface area (Å²) in [6.07, 6.45) is 0. The molecule has 72 heavy (non-hydrogen) atoms. The van der Waals surface area contributed by atoms with Gasteiger partial charge in [0.1, 0.15) is 0 Å². The highest BCUT2D eigenvalue weighted by molar-refractivity contribution is 6.05. The van der Waals surface area contributed by atoms with Crippen molar-refractivity contribution in [3.8, 4) is 22.3 Å². The number of hydrogen-bond donors (Lipinski definition) is 0. The maximum atomic E-state index is 2.40. The summed E-state index contributed by atoms with van der Waals surface area (Å²) in [6, 6.07) is 60.3. The molecule has 0 aromatic heterocycles. The SMILES string of the molecule is C.C.C.C.Cc1ccc(N(c2ccccc2)c2c(C)cc(C(C)(C)C)cc2C)cc1.Cc1ccc2c(c1)C(C)(C)c1cc(C)c3ccccc3c1-2.Cc1ccc2c(c1)C(C)(C)c1cc(C)c3ccccc3c1-2. The van der Waals surface area contributed by atoms with Gasteiger partial charge in [0, 0.05) is 22.2 Å². The molecule has 2 aliphatic rings. The van der Waals surface area contributed by atoms with Crippen molar-refractivity contribution in [2.45, 2.75) is 143 Å². The third-order valence-electron chi connectivity index (χ3n) is 15.0. The van der Waals surface area contributed by atoms with Gasteiger partial charge < -0.3 is 4.90 Å². The van der Waals surface area contributed by atoms with E-state index in [0.29, 0.717) is 0 Å². The Labute approximate surface area is 437 Å². The molecule has 2 aliphatic carbocycles. The van der Waals surface area contributed by atoms with Crippen LogP contribution in [0.5, 0.6) is 0 Å². The van der Waals surface area contributed by atoms with Crippen molar-refractivity contribution >= 4 is 38.6 Å². The summed E-state index contributed by atoms with van der Waals surface area (Å²) >= 11 is 0. The number of aryl methyl sites for hydroxylation is 7. The highest BCUT2D eigenvalue weighted by Crippen LogP contribution is 2.53. The Morgan fingerprint density at radius 2 is 0.708 bits per heavy atom. The highest BCUT2D eigenvalue weighted by Gasteiger charge is 2.38. The smallest absolute Gasteiger partial charge is 0.0520 e. The second-order valence-corrected chi connectivity index (χ2v) is 21.9. The molecule has 0 aliphatic heterocycles. The zero-order valence-corrected chi connectivity index (χ0v) is 43.0. The standard InChI is InChI=1S/C25H29N.2C21H20.4CH4/c1-18-12-14-23(15-13-18)26(22-10-8-7-9-11-22)24-19(2)16-21(17-20(24)3)25(4,5)6;2*1-13-9-10-17-18(11-13)21(3,4)19-12-14(2)15-7-5-6-8-16(15)20(17)19;;;;/h7-17H,1-6H3;2*5-12H,1-4H3;4*1H4. The van der Waals surface area contributed by atoms with Crippen LogP contribution >= 0.6 is 0 Å². The van der Waals surface area contributed by atoms with E-state index >= 15 is 0 Å². The van der Waals surface area contributed by atoms with E-state index < -0.39 is 0 Å². The average Bonchev–Trinajstić information content (AvgIpc) is 3.66. The molecule has 0 amide bonds. The number of hydrogen-bond acceptors (Lipinski definition) is 1. The van der Waals surface area contributed by atoms with E-state index in [2.05, 4.69) is 266 Å². The third-order valence-corrected chi connectivity index (χ3v) is 15.0. The van der Waals surface area contributed by atoms with E-state index in [1.165, 1.54) is 128 Å². The normalized spacial score (nSPS) is 12.9. The molecule has 1 heteroatoms. The van der Waals surface area contributed by atoms with Crippen molar-refractivity contribution in [1.29, 1.82) is 0 Å². The summed E-state index contributed by atoms with van der Waals surface area (Å²) < 4.78 is 0. The van der Waals surface area contributed by atoms with Gasteiger partial charge in [0.2, 0.25) is 0 Å². The molecule has 1 nitrogen and oxygen atoms in total. The van der Waals surface area contributed by atoms with Crippen molar-refractivity contribution in [3.63, 3.8) is 0 Å². The molecule has 374 valence electrons. The Kier molecular flexibility index (Phi) is 16.5. The van der Waals surface area contributed by atoms with Gasteiger partial charge in [-0.15, -0.1) is 0 Å². The van der Waals surface area contributed by atoms with Crippen LogP contribution in [-0.2, 0) is 16.2 Å². The lowest BCUT2D eigenvalue weighted by Gasteiger charge is -2.30. The predicted molar refractivity (Wildman–Crippen MR) is 323 cm³/mol. The fourth-order valence-electron chi connectivity index (χ4n) is 11.2. The largest absolute Gasteiger partial charge is 0.310 e. The second kappa shape index (κ2) is 21.2. The molecule has 11 rings (SSSR count). The molecule has 9 aromatic carbocycles. The van der Waals surface area contributed by atoms with Gasteiger partial charge in [-0.2, -0.15) is 0 Å². The summed E-state index contributed by atoms with van der Waals surface area (Å²) in [6.45, 7) is 31.6. The van der Waals surface area contributed by atoms with Crippen molar-refractivity contribution in [2.75, 3.05) is 4.90 Å². The van der Waals surface area contributed by atoms with Gasteiger partial charge in [-0.05, 0) is 172 Å². The van der Waals surface area contributed by atoms with E-state index in [9.17, 15) is 0 Å². The summed E-state index contributed by atoms with van der Waals surface area (Å²) in [4.78, 5) is 2.37. The molecule has 9 aromatic rings. The minimum Gasteiger partial charge on any atom is -0.310 e. The Bertz CT molecular complexity index is 3200. The Hall–Kier alpha value is -6.70. The molecule has 0 fully saturated rings. The number of fused-ring (bicyclic) bond motifs is 10. The molecular formula is C71H85N. The van der Waals surface area contributed by atoms with E-state index in [1.807, 2.05) is 0 Å². The molecule has 0 atom stereocenters. The van der Waals surface area contributed by atoms with E-state index in [1.54, 1.807) is 0 Å². The Balaban J connectivity index is 0.000000196. The number of anilines is 3. The molecule has 0 bridgehead atoms. The van der Waals surface area contributed by atoms with Gasteiger partial charge in [0.25, 0.3) is 0 Å². The third kappa shape index (κ3) is 9.93. The van der Waals surface area contributed by atoms with Gasteiger partial charge >= 0.3 is 0 Å². The predicted octanol–water partition coefficient (Wildman–Crippen LogP) is 21.4. The van der Waals surface area contributed by atoms with Crippen LogP contribution in [0.3, 0.4) is 0 Å². The van der Waals surface area contributed by atoms with Gasteiger partial charge in [0.05, 0.1) is 5.69 Å². The van der Waals surface area contributed by atoms with Crippen molar-refractivity contribution in [1.82, 2.24) is 0 Å². The minimum absolute atomic E-state index is 0. The molecule has 0 spiro atoms. The molecule has 0 radical (unpaired) electrons. The number of nitrogens with zero attached hydrogens (tertiary/aromatic N) is 1. The van der Waals surface area contributed by atoms with Crippen LogP contribution in [-0.4, -0.2) is 0 Å². The molecule has 0 saturated heterocycles. The van der Waals surface area contributed by atoms with Crippen LogP contribution in [0.2, 0.25) is 0 Å². The summed E-state index contributed by atoms with van der Waals surface area (Å²) in [7, 11) is 0. The first-order valence-corrected chi connectivity index (χ1v) is 24.6. The van der Waals surface area contributed by atoms with Crippen LogP contribution in [0.4, 0.5) is 17.1 Å². The van der Waals surface area contributed by atoms with Crippen LogP contribution in [0.25, 0.3) is 43.8 Å². The summed E-state index contributed by atoms with van der Waals surface area (Å²) in [5.41, 5.74) is 26.3. The molecule has 0 heterocycles. The second-order valence-electron chi connectivity index (χ2n) is 21.9. The topological polar surface area (TPSA) is 3.24 Å². The van der Waals surface area contributed by atoms with Crippen LogP contribution < -0.4 is 4.90 Å². The first-order chi connectivity index (χ1) is 32.3. The van der Waals surface area contributed by atoms with Crippen LogP contribution in [0.15, 0.2) is 164 Å². The van der Waals surface area contributed by atoms with Gasteiger partial charge in [-0.1, -0.05) is 234 Å². The zero-order valence-electron chi connectivity index (χ0n) is 43.0. The van der Waals surface area contributed by atoms with Crippen molar-refractivity contribution in [2.24, 2.45) is 0 Å². The lowest BCUT2D eigenvalue weighted by atomic mass is 9.81. The first-order valence-electron chi connectivity index (χ1n) is 24.6. The zero-order chi connectivity index (χ0) is 48.4. The molecule has 0 unspecified atom stereocenters. The molecular weight excluding hydrogens is 867 g/mol. The molecule has 0 N–H and O–H groups in total. The first kappa shape index (κ1) is 56.2. The molecule has 0 saturated carbocycles. The highest BCUT2D eigenvalue weighted by atomic mass is 15.1. The number of rotatable bonds is 3. The monoisotopic (exact) mass is 952 g/mol. The van der Waals surface area contributed by atoms with Crippen LogP contribution in [0.1, 0.15) is 145 Å². The van der Waals surface area contributed by atoms with Gasteiger partial charge in [0.15, 0.2) is 0 Å². The number of benzene rings is 9. The minimum atomic E-state index is 0.